The van der Waals surface area contributed by atoms with Crippen molar-refractivity contribution in [3.8, 4) is 0 Å². The molecule has 0 heterocycles. The van der Waals surface area contributed by atoms with Gasteiger partial charge in [0.05, 0.1) is 12.2 Å². The fourth-order valence-corrected chi connectivity index (χ4v) is 1.81. The average Bonchev–Trinajstić information content (AvgIpc) is 2.47. The van der Waals surface area contributed by atoms with Crippen LogP contribution in [0.15, 0.2) is 48.5 Å². The third-order valence-corrected chi connectivity index (χ3v) is 2.81. The molecule has 1 N–H and O–H groups in total. The molecule has 20 heavy (non-hydrogen) atoms. The summed E-state index contributed by atoms with van der Waals surface area (Å²) < 4.78 is 18.4. The predicted molar refractivity (Wildman–Crippen MR) is 76.1 cm³/mol. The molecule has 0 saturated heterocycles. The maximum Gasteiger partial charge on any atom is 0.338 e. The molecular weight excluding hydrogens is 257 g/mol. The lowest BCUT2D eigenvalue weighted by atomic mass is 10.2. The van der Waals surface area contributed by atoms with Crippen molar-refractivity contribution in [2.45, 2.75) is 13.5 Å². The van der Waals surface area contributed by atoms with E-state index in [4.69, 9.17) is 4.74 Å². The van der Waals surface area contributed by atoms with E-state index in [-0.39, 0.29) is 11.8 Å². The van der Waals surface area contributed by atoms with E-state index >= 15 is 0 Å². The van der Waals surface area contributed by atoms with Crippen LogP contribution in [0.5, 0.6) is 0 Å². The molecule has 0 bridgehead atoms. The summed E-state index contributed by atoms with van der Waals surface area (Å²) in [7, 11) is 0. The SMILES string of the molecule is CCOC(=O)c1cccc(NCc2ccccc2F)c1. The Labute approximate surface area is 117 Å². The molecule has 0 aliphatic rings. The van der Waals surface area contributed by atoms with Crippen LogP contribution in [0.3, 0.4) is 0 Å². The molecule has 3 nitrogen and oxygen atoms in total. The zero-order valence-electron chi connectivity index (χ0n) is 11.2. The molecule has 0 fully saturated rings. The largest absolute Gasteiger partial charge is 0.462 e. The monoisotopic (exact) mass is 273 g/mol. The van der Waals surface area contributed by atoms with Gasteiger partial charge in [-0.3, -0.25) is 0 Å². The minimum atomic E-state index is -0.359. The zero-order chi connectivity index (χ0) is 14.4. The van der Waals surface area contributed by atoms with Crippen LogP contribution in [-0.2, 0) is 11.3 Å². The van der Waals surface area contributed by atoms with Gasteiger partial charge in [0.1, 0.15) is 5.82 Å². The zero-order valence-corrected chi connectivity index (χ0v) is 11.2. The lowest BCUT2D eigenvalue weighted by molar-refractivity contribution is 0.0526. The molecule has 0 saturated carbocycles. The van der Waals surface area contributed by atoms with Gasteiger partial charge < -0.3 is 10.1 Å². The quantitative estimate of drug-likeness (QED) is 0.846. The second-order valence-electron chi connectivity index (χ2n) is 4.25. The maximum atomic E-state index is 13.5. The van der Waals surface area contributed by atoms with Crippen molar-refractivity contribution in [2.24, 2.45) is 0 Å². The number of ether oxygens (including phenoxy) is 1. The molecule has 0 aliphatic heterocycles. The number of benzene rings is 2. The number of nitrogens with one attached hydrogen (secondary N) is 1. The topological polar surface area (TPSA) is 38.3 Å². The Hall–Kier alpha value is -2.36. The summed E-state index contributed by atoms with van der Waals surface area (Å²) in [6.45, 7) is 2.46. The molecule has 2 aromatic carbocycles. The highest BCUT2D eigenvalue weighted by molar-refractivity contribution is 5.90. The molecule has 0 aromatic heterocycles. The summed E-state index contributed by atoms with van der Waals surface area (Å²) in [5.74, 6) is -0.608. The highest BCUT2D eigenvalue weighted by atomic mass is 19.1. The number of anilines is 1. The van der Waals surface area contributed by atoms with Gasteiger partial charge in [-0.05, 0) is 31.2 Å². The van der Waals surface area contributed by atoms with Crippen LogP contribution >= 0.6 is 0 Å². The Morgan fingerprint density at radius 1 is 1.20 bits per heavy atom. The van der Waals surface area contributed by atoms with E-state index in [1.165, 1.54) is 6.07 Å². The van der Waals surface area contributed by atoms with Crippen molar-refractivity contribution in [3.63, 3.8) is 0 Å². The summed E-state index contributed by atoms with van der Waals surface area (Å²) in [6, 6.07) is 13.5. The van der Waals surface area contributed by atoms with E-state index in [1.54, 1.807) is 43.3 Å². The number of halogens is 1. The molecule has 0 unspecified atom stereocenters. The first-order chi connectivity index (χ1) is 9.70. The highest BCUT2D eigenvalue weighted by Gasteiger charge is 2.07. The summed E-state index contributed by atoms with van der Waals surface area (Å²) in [6.07, 6.45) is 0. The van der Waals surface area contributed by atoms with Gasteiger partial charge in [0.15, 0.2) is 0 Å². The van der Waals surface area contributed by atoms with Gasteiger partial charge in [0.2, 0.25) is 0 Å². The maximum absolute atomic E-state index is 13.5. The van der Waals surface area contributed by atoms with Crippen molar-refractivity contribution in [1.82, 2.24) is 0 Å². The van der Waals surface area contributed by atoms with E-state index in [9.17, 15) is 9.18 Å². The number of hydrogen-bond acceptors (Lipinski definition) is 3. The Morgan fingerprint density at radius 3 is 2.75 bits per heavy atom. The van der Waals surface area contributed by atoms with E-state index in [2.05, 4.69) is 5.32 Å². The second-order valence-corrected chi connectivity index (χ2v) is 4.25. The number of rotatable bonds is 5. The van der Waals surface area contributed by atoms with Crippen molar-refractivity contribution in [2.75, 3.05) is 11.9 Å². The van der Waals surface area contributed by atoms with Gasteiger partial charge >= 0.3 is 5.97 Å². The standard InChI is InChI=1S/C16H16FNO2/c1-2-20-16(19)12-7-5-8-14(10-12)18-11-13-6-3-4-9-15(13)17/h3-10,18H,2,11H2,1H3. The van der Waals surface area contributed by atoms with Crippen LogP contribution in [0.25, 0.3) is 0 Å². The van der Waals surface area contributed by atoms with Crippen LogP contribution < -0.4 is 5.32 Å². The summed E-state index contributed by atoms with van der Waals surface area (Å²) in [5.41, 5.74) is 1.80. The molecule has 0 amide bonds. The van der Waals surface area contributed by atoms with E-state index in [0.29, 0.717) is 24.3 Å². The van der Waals surface area contributed by atoms with Crippen molar-refractivity contribution in [3.05, 3.63) is 65.5 Å². The van der Waals surface area contributed by atoms with Crippen LogP contribution in [0.4, 0.5) is 10.1 Å². The highest BCUT2D eigenvalue weighted by Crippen LogP contribution is 2.14. The Bertz CT molecular complexity index is 599. The van der Waals surface area contributed by atoms with Gasteiger partial charge in [-0.2, -0.15) is 0 Å². The summed E-state index contributed by atoms with van der Waals surface area (Å²) in [5, 5.41) is 3.09. The molecule has 4 heteroatoms. The number of carbonyl (C=O) groups excluding carboxylic acids is 1. The lowest BCUT2D eigenvalue weighted by Crippen LogP contribution is -2.06. The van der Waals surface area contributed by atoms with Crippen molar-refractivity contribution >= 4 is 11.7 Å². The Balaban J connectivity index is 2.05. The van der Waals surface area contributed by atoms with Crippen LogP contribution in [0, 0.1) is 5.82 Å². The first-order valence-electron chi connectivity index (χ1n) is 6.45. The molecule has 104 valence electrons. The minimum absolute atomic E-state index is 0.249. The summed E-state index contributed by atoms with van der Waals surface area (Å²) >= 11 is 0. The first-order valence-corrected chi connectivity index (χ1v) is 6.45. The minimum Gasteiger partial charge on any atom is -0.462 e. The van der Waals surface area contributed by atoms with Crippen molar-refractivity contribution < 1.29 is 13.9 Å². The van der Waals surface area contributed by atoms with Crippen LogP contribution in [0.2, 0.25) is 0 Å². The van der Waals surface area contributed by atoms with Gasteiger partial charge in [0, 0.05) is 17.8 Å². The average molecular weight is 273 g/mol. The molecule has 0 radical (unpaired) electrons. The van der Waals surface area contributed by atoms with Crippen molar-refractivity contribution in [1.29, 1.82) is 0 Å². The molecule has 0 aliphatic carbocycles. The van der Waals surface area contributed by atoms with Gasteiger partial charge in [-0.15, -0.1) is 0 Å². The van der Waals surface area contributed by atoms with E-state index in [0.717, 1.165) is 5.69 Å². The van der Waals surface area contributed by atoms with E-state index < -0.39 is 0 Å². The van der Waals surface area contributed by atoms with Gasteiger partial charge in [-0.1, -0.05) is 24.3 Å². The first kappa shape index (κ1) is 14.1. The molecular formula is C16H16FNO2. The molecule has 0 atom stereocenters. The Kier molecular flexibility index (Phi) is 4.71. The lowest BCUT2D eigenvalue weighted by Gasteiger charge is -2.09. The summed E-state index contributed by atoms with van der Waals surface area (Å²) in [4.78, 5) is 11.6. The predicted octanol–water partition coefficient (Wildman–Crippen LogP) is 3.61. The fraction of sp³-hybridized carbons (Fsp3) is 0.188. The Morgan fingerprint density at radius 2 is 2.00 bits per heavy atom. The normalized spacial score (nSPS) is 10.1. The fourth-order valence-electron chi connectivity index (χ4n) is 1.81. The third kappa shape index (κ3) is 3.57. The van der Waals surface area contributed by atoms with Gasteiger partial charge in [0.25, 0.3) is 0 Å². The number of esters is 1. The molecule has 2 aromatic rings. The second kappa shape index (κ2) is 6.70. The number of carbonyl (C=O) groups is 1. The van der Waals surface area contributed by atoms with Gasteiger partial charge in [-0.25, -0.2) is 9.18 Å². The van der Waals surface area contributed by atoms with Crippen LogP contribution in [-0.4, -0.2) is 12.6 Å². The molecule has 0 spiro atoms. The van der Waals surface area contributed by atoms with Crippen LogP contribution in [0.1, 0.15) is 22.8 Å². The molecule has 2 rings (SSSR count). The smallest absolute Gasteiger partial charge is 0.338 e. The van der Waals surface area contributed by atoms with E-state index in [1.807, 2.05) is 6.07 Å². The third-order valence-electron chi connectivity index (χ3n) is 2.81. The number of hydrogen-bond donors (Lipinski definition) is 1.